The van der Waals surface area contributed by atoms with Gasteiger partial charge in [0.15, 0.2) is 29.6 Å². The second-order valence-corrected chi connectivity index (χ2v) is 5.40. The number of benzene rings is 1. The topological polar surface area (TPSA) is 137 Å². The Kier molecular flexibility index (Phi) is 4.09. The first-order chi connectivity index (χ1) is 12.7. The van der Waals surface area contributed by atoms with Crippen LogP contribution in [-0.2, 0) is 6.61 Å². The van der Waals surface area contributed by atoms with Crippen LogP contribution in [0.15, 0.2) is 28.9 Å². The molecule has 26 heavy (non-hydrogen) atoms. The third-order valence-electron chi connectivity index (χ3n) is 3.59. The number of fused-ring (bicyclic) bond motifs is 1. The summed E-state index contributed by atoms with van der Waals surface area (Å²) in [4.78, 5) is 16.3. The zero-order valence-corrected chi connectivity index (χ0v) is 13.6. The van der Waals surface area contributed by atoms with Gasteiger partial charge in [-0.2, -0.15) is 5.21 Å². The van der Waals surface area contributed by atoms with Crippen LogP contribution in [0.3, 0.4) is 0 Å². The average molecular weight is 358 g/mol. The molecule has 1 aliphatic rings. The number of hydrogen-bond acceptors (Lipinski definition) is 9. The van der Waals surface area contributed by atoms with Crippen molar-refractivity contribution >= 4 is 5.91 Å². The molecule has 0 bridgehead atoms. The first-order valence-electron chi connectivity index (χ1n) is 7.70. The van der Waals surface area contributed by atoms with Gasteiger partial charge in [-0.05, 0) is 19.1 Å². The summed E-state index contributed by atoms with van der Waals surface area (Å²) >= 11 is 0. The third kappa shape index (κ3) is 3.27. The van der Waals surface area contributed by atoms with Crippen LogP contribution in [0, 0.1) is 0 Å². The Morgan fingerprint density at radius 2 is 2.27 bits per heavy atom. The molecule has 1 aromatic carbocycles. The highest BCUT2D eigenvalue weighted by Gasteiger charge is 2.18. The van der Waals surface area contributed by atoms with Gasteiger partial charge in [0, 0.05) is 6.07 Å². The van der Waals surface area contributed by atoms with E-state index in [4.69, 9.17) is 18.6 Å². The number of hydrogen-bond donors (Lipinski definition) is 2. The SMILES string of the molecule is C[C@H](NC(=O)c1coc(COc2ccc3c(c2)OCO3)n1)c1nn[nH]n1. The van der Waals surface area contributed by atoms with Crippen LogP contribution in [-0.4, -0.2) is 38.3 Å². The van der Waals surface area contributed by atoms with Crippen molar-refractivity contribution < 1.29 is 23.4 Å². The molecule has 1 amide bonds. The Balaban J connectivity index is 1.35. The minimum atomic E-state index is -0.425. The standard InChI is InChI=1S/C15H14N6O5/c1-8(14-18-20-21-19-14)16-15(22)10-5-24-13(17-10)6-23-9-2-3-11-12(4-9)26-7-25-11/h2-5,8H,6-7H2,1H3,(H,16,22)(H,18,19,20,21)/t8-/m0/s1. The summed E-state index contributed by atoms with van der Waals surface area (Å²) in [6.45, 7) is 1.99. The second-order valence-electron chi connectivity index (χ2n) is 5.40. The number of carbonyl (C=O) groups excluding carboxylic acids is 1. The van der Waals surface area contributed by atoms with Crippen LogP contribution in [0.2, 0.25) is 0 Å². The Hall–Kier alpha value is -3.63. The number of aromatic nitrogens is 5. The molecule has 0 unspecified atom stereocenters. The second kappa shape index (κ2) is 6.70. The first-order valence-corrected chi connectivity index (χ1v) is 7.70. The van der Waals surface area contributed by atoms with Crippen molar-refractivity contribution in [1.29, 1.82) is 0 Å². The summed E-state index contributed by atoms with van der Waals surface area (Å²) in [6, 6.07) is 4.79. The van der Waals surface area contributed by atoms with Gasteiger partial charge in [-0.25, -0.2) is 4.98 Å². The third-order valence-corrected chi connectivity index (χ3v) is 3.59. The van der Waals surface area contributed by atoms with Crippen LogP contribution in [0.1, 0.15) is 35.2 Å². The molecule has 0 aliphatic carbocycles. The summed E-state index contributed by atoms with van der Waals surface area (Å²) in [5.41, 5.74) is 0.129. The molecule has 2 N–H and O–H groups in total. The molecule has 11 nitrogen and oxygen atoms in total. The molecule has 1 atom stereocenters. The zero-order chi connectivity index (χ0) is 17.9. The predicted molar refractivity (Wildman–Crippen MR) is 83.5 cm³/mol. The van der Waals surface area contributed by atoms with Gasteiger partial charge in [-0.15, -0.1) is 10.2 Å². The van der Waals surface area contributed by atoms with Crippen LogP contribution < -0.4 is 19.5 Å². The van der Waals surface area contributed by atoms with E-state index in [9.17, 15) is 4.79 Å². The maximum atomic E-state index is 12.2. The van der Waals surface area contributed by atoms with Gasteiger partial charge in [0.2, 0.25) is 12.7 Å². The van der Waals surface area contributed by atoms with E-state index in [2.05, 4.69) is 30.9 Å². The maximum Gasteiger partial charge on any atom is 0.273 e. The van der Waals surface area contributed by atoms with Gasteiger partial charge < -0.3 is 23.9 Å². The molecule has 0 saturated carbocycles. The first kappa shape index (κ1) is 15.9. The van der Waals surface area contributed by atoms with Crippen LogP contribution >= 0.6 is 0 Å². The lowest BCUT2D eigenvalue weighted by molar-refractivity contribution is 0.0933. The fraction of sp³-hybridized carbons (Fsp3) is 0.267. The highest BCUT2D eigenvalue weighted by molar-refractivity contribution is 5.92. The lowest BCUT2D eigenvalue weighted by Crippen LogP contribution is -2.27. The number of nitrogens with zero attached hydrogens (tertiary/aromatic N) is 4. The van der Waals surface area contributed by atoms with Gasteiger partial charge >= 0.3 is 0 Å². The molecule has 3 aromatic rings. The number of ether oxygens (including phenoxy) is 3. The number of carbonyl (C=O) groups is 1. The molecule has 11 heteroatoms. The van der Waals surface area contributed by atoms with Gasteiger partial charge in [0.05, 0.1) is 6.04 Å². The molecule has 4 rings (SSSR count). The molecule has 3 heterocycles. The van der Waals surface area contributed by atoms with E-state index in [1.54, 1.807) is 25.1 Å². The Morgan fingerprint density at radius 1 is 1.38 bits per heavy atom. The zero-order valence-electron chi connectivity index (χ0n) is 13.6. The Labute approximate surface area is 146 Å². The van der Waals surface area contributed by atoms with Crippen molar-refractivity contribution in [3.8, 4) is 17.2 Å². The van der Waals surface area contributed by atoms with E-state index in [1.165, 1.54) is 6.26 Å². The minimum absolute atomic E-state index is 0.0628. The van der Waals surface area contributed by atoms with Crippen LogP contribution in [0.4, 0.5) is 0 Å². The van der Waals surface area contributed by atoms with Crippen molar-refractivity contribution in [2.45, 2.75) is 19.6 Å². The van der Waals surface area contributed by atoms with E-state index in [0.29, 0.717) is 23.1 Å². The fourth-order valence-electron chi connectivity index (χ4n) is 2.28. The molecule has 1 aliphatic heterocycles. The smallest absolute Gasteiger partial charge is 0.273 e. The summed E-state index contributed by atoms with van der Waals surface area (Å²) in [5.74, 6) is 2.08. The predicted octanol–water partition coefficient (Wildman–Crippen LogP) is 0.986. The molecule has 0 spiro atoms. The Morgan fingerprint density at radius 3 is 3.12 bits per heavy atom. The number of tetrazole rings is 1. The largest absolute Gasteiger partial charge is 0.484 e. The number of rotatable bonds is 6. The number of amides is 1. The van der Waals surface area contributed by atoms with Crippen LogP contribution in [0.25, 0.3) is 0 Å². The molecule has 0 radical (unpaired) electrons. The number of aromatic amines is 1. The normalized spacial score (nSPS) is 13.4. The summed E-state index contributed by atoms with van der Waals surface area (Å²) in [6.07, 6.45) is 1.26. The molecule has 134 valence electrons. The summed E-state index contributed by atoms with van der Waals surface area (Å²) < 4.78 is 21.4. The number of nitrogens with one attached hydrogen (secondary N) is 2. The van der Waals surface area contributed by atoms with Gasteiger partial charge in [0.25, 0.3) is 5.91 Å². The quantitative estimate of drug-likeness (QED) is 0.660. The highest BCUT2D eigenvalue weighted by Crippen LogP contribution is 2.35. The van der Waals surface area contributed by atoms with Gasteiger partial charge in [0.1, 0.15) is 12.0 Å². The molecule has 0 fully saturated rings. The molecular formula is C15H14N6O5. The van der Waals surface area contributed by atoms with Crippen molar-refractivity contribution in [2.24, 2.45) is 0 Å². The monoisotopic (exact) mass is 358 g/mol. The summed E-state index contributed by atoms with van der Waals surface area (Å²) in [7, 11) is 0. The molecule has 0 saturated heterocycles. The van der Waals surface area contributed by atoms with Crippen molar-refractivity contribution in [2.75, 3.05) is 6.79 Å². The van der Waals surface area contributed by atoms with Crippen molar-refractivity contribution in [3.05, 3.63) is 41.9 Å². The fourth-order valence-corrected chi connectivity index (χ4v) is 2.28. The van der Waals surface area contributed by atoms with E-state index < -0.39 is 11.9 Å². The van der Waals surface area contributed by atoms with E-state index in [1.807, 2.05) is 0 Å². The van der Waals surface area contributed by atoms with E-state index in [0.717, 1.165) is 0 Å². The lowest BCUT2D eigenvalue weighted by Gasteiger charge is -2.07. The highest BCUT2D eigenvalue weighted by atomic mass is 16.7. The maximum absolute atomic E-state index is 12.2. The molecular weight excluding hydrogens is 344 g/mol. The van der Waals surface area contributed by atoms with E-state index in [-0.39, 0.29) is 25.0 Å². The summed E-state index contributed by atoms with van der Waals surface area (Å²) in [5, 5.41) is 16.1. The Bertz CT molecular complexity index is 909. The van der Waals surface area contributed by atoms with Crippen molar-refractivity contribution in [1.82, 2.24) is 30.9 Å². The van der Waals surface area contributed by atoms with Gasteiger partial charge in [-0.1, -0.05) is 5.21 Å². The average Bonchev–Trinajstić information content (AvgIpc) is 3.40. The lowest BCUT2D eigenvalue weighted by atomic mass is 10.3. The van der Waals surface area contributed by atoms with Crippen molar-refractivity contribution in [3.63, 3.8) is 0 Å². The number of H-pyrrole nitrogens is 1. The van der Waals surface area contributed by atoms with Gasteiger partial charge in [-0.3, -0.25) is 4.79 Å². The van der Waals surface area contributed by atoms with E-state index >= 15 is 0 Å². The molecule has 2 aromatic heterocycles. The number of oxazole rings is 1. The minimum Gasteiger partial charge on any atom is -0.484 e. The van der Waals surface area contributed by atoms with Crippen LogP contribution in [0.5, 0.6) is 17.2 Å².